The molecule has 0 atom stereocenters. The quantitative estimate of drug-likeness (QED) is 0.458. The number of hydrogen-bond acceptors (Lipinski definition) is 1. The second-order valence-electron chi connectivity index (χ2n) is 7.15. The van der Waals surface area contributed by atoms with Crippen molar-refractivity contribution in [3.63, 3.8) is 0 Å². The van der Waals surface area contributed by atoms with Gasteiger partial charge in [0.1, 0.15) is 0 Å². The molecule has 2 nitrogen and oxygen atoms in total. The minimum atomic E-state index is 0.612. The molecule has 0 amide bonds. The molecule has 1 fully saturated rings. The predicted octanol–water partition coefficient (Wildman–Crippen LogP) is 5.41. The minimum Gasteiger partial charge on any atom is -0.618 e. The van der Waals surface area contributed by atoms with Crippen LogP contribution < -0.4 is 4.73 Å². The zero-order valence-electron chi connectivity index (χ0n) is 14.4. The molecule has 1 heterocycles. The Morgan fingerprint density at radius 1 is 0.917 bits per heavy atom. The maximum Gasteiger partial charge on any atom is 0.224 e. The third-order valence-electron chi connectivity index (χ3n) is 5.27. The van der Waals surface area contributed by atoms with Crippen molar-refractivity contribution in [3.8, 4) is 11.3 Å². The van der Waals surface area contributed by atoms with Gasteiger partial charge in [0.2, 0.25) is 11.2 Å². The highest BCUT2D eigenvalue weighted by Crippen LogP contribution is 2.37. The van der Waals surface area contributed by atoms with E-state index < -0.39 is 0 Å². The van der Waals surface area contributed by atoms with Gasteiger partial charge in [-0.2, -0.15) is 4.73 Å². The van der Waals surface area contributed by atoms with E-state index >= 15 is 0 Å². The maximum atomic E-state index is 13.0. The fraction of sp³-hybridized carbons (Fsp3) is 0.318. The van der Waals surface area contributed by atoms with Crippen LogP contribution in [0.2, 0.25) is 0 Å². The molecule has 1 aliphatic rings. The van der Waals surface area contributed by atoms with Gasteiger partial charge in [-0.05, 0) is 56.4 Å². The number of fused-ring (bicyclic) bond motifs is 1. The van der Waals surface area contributed by atoms with E-state index in [-0.39, 0.29) is 0 Å². The van der Waals surface area contributed by atoms with Crippen LogP contribution in [0.4, 0.5) is 0 Å². The van der Waals surface area contributed by atoms with Gasteiger partial charge in [-0.25, -0.2) is 0 Å². The van der Waals surface area contributed by atoms with E-state index in [2.05, 4.69) is 44.2 Å². The van der Waals surface area contributed by atoms with E-state index in [0.29, 0.717) is 5.92 Å². The van der Waals surface area contributed by atoms with Crippen LogP contribution in [0.15, 0.2) is 48.5 Å². The largest absolute Gasteiger partial charge is 0.618 e. The maximum absolute atomic E-state index is 13.0. The molecular formula is C22H23NO. The summed E-state index contributed by atoms with van der Waals surface area (Å²) < 4.78 is 1.11. The van der Waals surface area contributed by atoms with Crippen LogP contribution in [0.25, 0.3) is 22.2 Å². The summed E-state index contributed by atoms with van der Waals surface area (Å²) in [5, 5.41) is 14.2. The Labute approximate surface area is 143 Å². The number of aromatic nitrogens is 1. The molecule has 0 N–H and O–H groups in total. The highest BCUT2D eigenvalue weighted by Gasteiger charge is 2.22. The fourth-order valence-corrected chi connectivity index (χ4v) is 4.22. The van der Waals surface area contributed by atoms with Crippen LogP contribution >= 0.6 is 0 Å². The monoisotopic (exact) mass is 317 g/mol. The molecule has 0 aliphatic heterocycles. The van der Waals surface area contributed by atoms with Gasteiger partial charge in [-0.3, -0.25) is 0 Å². The number of benzene rings is 2. The summed E-state index contributed by atoms with van der Waals surface area (Å²) in [6.45, 7) is 4.15. The molecule has 0 saturated heterocycles. The van der Waals surface area contributed by atoms with Crippen LogP contribution in [-0.4, -0.2) is 0 Å². The number of nitrogens with zero attached hydrogens (tertiary/aromatic N) is 1. The Kier molecular flexibility index (Phi) is 3.76. The van der Waals surface area contributed by atoms with Gasteiger partial charge in [0.25, 0.3) is 0 Å². The van der Waals surface area contributed by atoms with Gasteiger partial charge in [0, 0.05) is 17.7 Å². The molecule has 3 aromatic rings. The number of pyridine rings is 1. The van der Waals surface area contributed by atoms with Crippen LogP contribution in [0.3, 0.4) is 0 Å². The third-order valence-corrected chi connectivity index (χ3v) is 5.27. The molecule has 0 radical (unpaired) electrons. The Bertz CT molecular complexity index is 887. The summed E-state index contributed by atoms with van der Waals surface area (Å²) in [5.74, 6) is 0.612. The SMILES string of the molecule is Cc1cc(C)cc(-c2ccc3c(C4CCCC4)cccc3[n+]2[O-])c1. The zero-order chi connectivity index (χ0) is 16.7. The van der Waals surface area contributed by atoms with Crippen molar-refractivity contribution in [1.29, 1.82) is 0 Å². The molecule has 2 aromatic carbocycles. The van der Waals surface area contributed by atoms with Gasteiger partial charge in [-0.15, -0.1) is 0 Å². The van der Waals surface area contributed by atoms with E-state index in [4.69, 9.17) is 0 Å². The van der Waals surface area contributed by atoms with E-state index in [1.54, 1.807) is 0 Å². The summed E-state index contributed by atoms with van der Waals surface area (Å²) in [5.41, 5.74) is 6.24. The summed E-state index contributed by atoms with van der Waals surface area (Å²) in [6, 6.07) is 16.6. The van der Waals surface area contributed by atoms with Crippen molar-refractivity contribution >= 4 is 10.9 Å². The first kappa shape index (κ1) is 15.2. The Morgan fingerprint density at radius 2 is 1.62 bits per heavy atom. The molecule has 24 heavy (non-hydrogen) atoms. The Hall–Kier alpha value is -2.35. The fourth-order valence-electron chi connectivity index (χ4n) is 4.22. The lowest BCUT2D eigenvalue weighted by Crippen LogP contribution is -2.30. The first-order valence-corrected chi connectivity index (χ1v) is 8.87. The van der Waals surface area contributed by atoms with Crippen LogP contribution in [0, 0.1) is 19.1 Å². The molecule has 122 valence electrons. The number of rotatable bonds is 2. The van der Waals surface area contributed by atoms with Gasteiger partial charge in [0.05, 0.1) is 5.39 Å². The van der Waals surface area contributed by atoms with Crippen LogP contribution in [0.5, 0.6) is 0 Å². The zero-order valence-corrected chi connectivity index (χ0v) is 14.4. The van der Waals surface area contributed by atoms with Crippen molar-refractivity contribution in [2.24, 2.45) is 0 Å². The van der Waals surface area contributed by atoms with Crippen LogP contribution in [-0.2, 0) is 0 Å². The molecule has 2 heteroatoms. The lowest BCUT2D eigenvalue weighted by Gasteiger charge is -2.14. The van der Waals surface area contributed by atoms with Crippen LogP contribution in [0.1, 0.15) is 48.3 Å². The van der Waals surface area contributed by atoms with Gasteiger partial charge >= 0.3 is 0 Å². The average molecular weight is 317 g/mol. The highest BCUT2D eigenvalue weighted by molar-refractivity contribution is 5.82. The van der Waals surface area contributed by atoms with Crippen molar-refractivity contribution in [3.05, 3.63) is 70.4 Å². The highest BCUT2D eigenvalue weighted by atomic mass is 16.5. The van der Waals surface area contributed by atoms with E-state index in [1.165, 1.54) is 42.4 Å². The predicted molar refractivity (Wildman–Crippen MR) is 99.0 cm³/mol. The summed E-state index contributed by atoms with van der Waals surface area (Å²) in [6.07, 6.45) is 5.10. The van der Waals surface area contributed by atoms with Gasteiger partial charge in [-0.1, -0.05) is 42.2 Å². The molecule has 0 bridgehead atoms. The molecule has 1 saturated carbocycles. The second kappa shape index (κ2) is 5.94. The van der Waals surface area contributed by atoms with E-state index in [9.17, 15) is 5.21 Å². The Morgan fingerprint density at radius 3 is 2.33 bits per heavy atom. The first-order chi connectivity index (χ1) is 11.6. The van der Waals surface area contributed by atoms with E-state index in [1.807, 2.05) is 18.2 Å². The topological polar surface area (TPSA) is 26.9 Å². The van der Waals surface area contributed by atoms with Crippen molar-refractivity contribution in [2.45, 2.75) is 45.4 Å². The minimum absolute atomic E-state index is 0.612. The van der Waals surface area contributed by atoms with Crippen molar-refractivity contribution < 1.29 is 4.73 Å². The normalized spacial score (nSPS) is 15.2. The molecule has 1 aromatic heterocycles. The lowest BCUT2D eigenvalue weighted by atomic mass is 9.93. The Balaban J connectivity index is 1.89. The summed E-state index contributed by atoms with van der Waals surface area (Å²) >= 11 is 0. The third kappa shape index (κ3) is 2.56. The lowest BCUT2D eigenvalue weighted by molar-refractivity contribution is -0.565. The van der Waals surface area contributed by atoms with Gasteiger partial charge in [0.15, 0.2) is 0 Å². The summed E-state index contributed by atoms with van der Waals surface area (Å²) in [4.78, 5) is 0. The summed E-state index contributed by atoms with van der Waals surface area (Å²) in [7, 11) is 0. The molecule has 4 rings (SSSR count). The number of hydrogen-bond donors (Lipinski definition) is 0. The van der Waals surface area contributed by atoms with E-state index in [0.717, 1.165) is 26.9 Å². The molecule has 0 spiro atoms. The smallest absolute Gasteiger partial charge is 0.224 e. The molecule has 0 unspecified atom stereocenters. The van der Waals surface area contributed by atoms with Gasteiger partial charge < -0.3 is 5.21 Å². The second-order valence-corrected chi connectivity index (χ2v) is 7.15. The van der Waals surface area contributed by atoms with Crippen molar-refractivity contribution in [1.82, 2.24) is 0 Å². The number of aryl methyl sites for hydroxylation is 2. The molecular weight excluding hydrogens is 294 g/mol. The standard InChI is InChI=1S/C22H23NO/c1-15-12-16(2)14-18(13-15)21-11-10-20-19(17-6-3-4-7-17)8-5-9-22(20)23(21)24/h5,8-14,17H,3-4,6-7H2,1-2H3. The van der Waals surface area contributed by atoms with Crippen molar-refractivity contribution in [2.75, 3.05) is 0 Å². The first-order valence-electron chi connectivity index (χ1n) is 8.87. The average Bonchev–Trinajstić information content (AvgIpc) is 3.08. The molecule has 1 aliphatic carbocycles.